The van der Waals surface area contributed by atoms with Crippen molar-refractivity contribution < 1.29 is 19.0 Å². The Balaban J connectivity index is 2.18. The maximum absolute atomic E-state index is 13.3. The fraction of sp³-hybridized carbons (Fsp3) is 0.0714. The second kappa shape index (κ2) is 6.32. The van der Waals surface area contributed by atoms with Crippen LogP contribution in [0.25, 0.3) is 0 Å². The van der Waals surface area contributed by atoms with Crippen LogP contribution in [0.15, 0.2) is 36.4 Å². The standard InChI is InChI=1S/C14H12ClFN2O3/c15-11-3-1-10(6-12(11)16)21-9-2-4-13(17)8(5-9)7-18-14(19)20/h1-6,18H,7,17H2,(H,19,20). The van der Waals surface area contributed by atoms with E-state index >= 15 is 0 Å². The van der Waals surface area contributed by atoms with Crippen molar-refractivity contribution >= 4 is 23.4 Å². The Morgan fingerprint density at radius 1 is 1.29 bits per heavy atom. The molecule has 0 unspecified atom stereocenters. The maximum Gasteiger partial charge on any atom is 0.404 e. The zero-order valence-electron chi connectivity index (χ0n) is 10.8. The number of anilines is 1. The third kappa shape index (κ3) is 4.00. The molecular formula is C14H12ClFN2O3. The van der Waals surface area contributed by atoms with Gasteiger partial charge in [-0.25, -0.2) is 9.18 Å². The van der Waals surface area contributed by atoms with Gasteiger partial charge in [0.15, 0.2) is 0 Å². The number of hydrogen-bond donors (Lipinski definition) is 3. The number of ether oxygens (including phenoxy) is 1. The molecule has 1 amide bonds. The first-order valence-electron chi connectivity index (χ1n) is 5.94. The van der Waals surface area contributed by atoms with Gasteiger partial charge in [-0.2, -0.15) is 0 Å². The molecule has 0 fully saturated rings. The van der Waals surface area contributed by atoms with E-state index in [-0.39, 0.29) is 17.3 Å². The first-order chi connectivity index (χ1) is 9.95. The predicted octanol–water partition coefficient (Wildman–Crippen LogP) is 3.62. The van der Waals surface area contributed by atoms with Gasteiger partial charge in [-0.05, 0) is 35.9 Å². The molecular weight excluding hydrogens is 299 g/mol. The smallest absolute Gasteiger partial charge is 0.404 e. The molecule has 2 aromatic rings. The second-order valence-corrected chi connectivity index (χ2v) is 4.60. The number of halogens is 2. The lowest BCUT2D eigenvalue weighted by molar-refractivity contribution is 0.194. The number of nitrogens with two attached hydrogens (primary N) is 1. The fourth-order valence-electron chi connectivity index (χ4n) is 1.65. The average molecular weight is 311 g/mol. The number of nitrogen functional groups attached to an aromatic ring is 1. The number of amides is 1. The fourth-order valence-corrected chi connectivity index (χ4v) is 1.76. The van der Waals surface area contributed by atoms with E-state index in [2.05, 4.69) is 5.32 Å². The molecule has 7 heteroatoms. The second-order valence-electron chi connectivity index (χ2n) is 4.20. The van der Waals surface area contributed by atoms with Crippen molar-refractivity contribution in [3.63, 3.8) is 0 Å². The van der Waals surface area contributed by atoms with Crippen molar-refractivity contribution in [1.29, 1.82) is 0 Å². The van der Waals surface area contributed by atoms with Crippen LogP contribution < -0.4 is 15.8 Å². The summed E-state index contributed by atoms with van der Waals surface area (Å²) in [5, 5.41) is 10.8. The minimum Gasteiger partial charge on any atom is -0.465 e. The van der Waals surface area contributed by atoms with E-state index in [9.17, 15) is 9.18 Å². The topological polar surface area (TPSA) is 84.6 Å². The average Bonchev–Trinajstić information content (AvgIpc) is 2.43. The Morgan fingerprint density at radius 2 is 1.95 bits per heavy atom. The largest absolute Gasteiger partial charge is 0.465 e. The van der Waals surface area contributed by atoms with Gasteiger partial charge in [-0.15, -0.1) is 0 Å². The third-order valence-electron chi connectivity index (χ3n) is 2.67. The minimum atomic E-state index is -1.15. The molecule has 0 aliphatic rings. The summed E-state index contributed by atoms with van der Waals surface area (Å²) in [6.07, 6.45) is -1.15. The SMILES string of the molecule is Nc1ccc(Oc2ccc(Cl)c(F)c2)cc1CNC(=O)O. The number of carboxylic acid groups (broad SMARTS) is 1. The Morgan fingerprint density at radius 3 is 2.62 bits per heavy atom. The summed E-state index contributed by atoms with van der Waals surface area (Å²) >= 11 is 5.59. The molecule has 4 N–H and O–H groups in total. The lowest BCUT2D eigenvalue weighted by Gasteiger charge is -2.10. The zero-order valence-corrected chi connectivity index (χ0v) is 11.5. The summed E-state index contributed by atoms with van der Waals surface area (Å²) in [7, 11) is 0. The van der Waals surface area contributed by atoms with Crippen LogP contribution in [-0.2, 0) is 6.54 Å². The van der Waals surface area contributed by atoms with Gasteiger partial charge in [0.05, 0.1) is 5.02 Å². The van der Waals surface area contributed by atoms with Crippen LogP contribution in [0.4, 0.5) is 14.9 Å². The summed E-state index contributed by atoms with van der Waals surface area (Å²) in [4.78, 5) is 10.5. The van der Waals surface area contributed by atoms with E-state index in [4.69, 9.17) is 27.2 Å². The normalized spacial score (nSPS) is 10.2. The Labute approximate surface area is 125 Å². The van der Waals surface area contributed by atoms with Gasteiger partial charge in [0.1, 0.15) is 17.3 Å². The molecule has 110 valence electrons. The van der Waals surface area contributed by atoms with E-state index in [1.54, 1.807) is 18.2 Å². The number of benzene rings is 2. The molecule has 0 radical (unpaired) electrons. The highest BCUT2D eigenvalue weighted by atomic mass is 35.5. The molecule has 0 spiro atoms. The lowest BCUT2D eigenvalue weighted by Crippen LogP contribution is -2.20. The van der Waals surface area contributed by atoms with Gasteiger partial charge in [0.2, 0.25) is 0 Å². The van der Waals surface area contributed by atoms with Crippen LogP contribution in [0.5, 0.6) is 11.5 Å². The highest BCUT2D eigenvalue weighted by Crippen LogP contribution is 2.27. The van der Waals surface area contributed by atoms with Gasteiger partial charge in [-0.1, -0.05) is 11.6 Å². The van der Waals surface area contributed by atoms with Crippen LogP contribution in [0.1, 0.15) is 5.56 Å². The molecule has 0 atom stereocenters. The van der Waals surface area contributed by atoms with Crippen LogP contribution in [0.2, 0.25) is 5.02 Å². The molecule has 0 saturated heterocycles. The molecule has 2 rings (SSSR count). The molecule has 0 saturated carbocycles. The molecule has 2 aromatic carbocycles. The van der Waals surface area contributed by atoms with E-state index < -0.39 is 11.9 Å². The van der Waals surface area contributed by atoms with Gasteiger partial charge in [0, 0.05) is 18.3 Å². The maximum atomic E-state index is 13.3. The quantitative estimate of drug-likeness (QED) is 0.753. The first kappa shape index (κ1) is 14.9. The Kier molecular flexibility index (Phi) is 4.49. The Bertz CT molecular complexity index is 679. The van der Waals surface area contributed by atoms with Crippen LogP contribution >= 0.6 is 11.6 Å². The van der Waals surface area contributed by atoms with Crippen LogP contribution in [0.3, 0.4) is 0 Å². The molecule has 0 bridgehead atoms. The van der Waals surface area contributed by atoms with E-state index in [0.29, 0.717) is 17.0 Å². The molecule has 5 nitrogen and oxygen atoms in total. The molecule has 21 heavy (non-hydrogen) atoms. The number of carbonyl (C=O) groups is 1. The predicted molar refractivity (Wildman–Crippen MR) is 77.2 cm³/mol. The summed E-state index contributed by atoms with van der Waals surface area (Å²) in [5.74, 6) is 0.101. The first-order valence-corrected chi connectivity index (χ1v) is 6.31. The Hall–Kier alpha value is -2.47. The summed E-state index contributed by atoms with van der Waals surface area (Å²) < 4.78 is 18.8. The monoisotopic (exact) mass is 310 g/mol. The van der Waals surface area contributed by atoms with Crippen LogP contribution in [-0.4, -0.2) is 11.2 Å². The van der Waals surface area contributed by atoms with Gasteiger partial charge in [0.25, 0.3) is 0 Å². The molecule has 0 heterocycles. The van der Waals surface area contributed by atoms with Crippen molar-refractivity contribution in [3.05, 3.63) is 52.8 Å². The van der Waals surface area contributed by atoms with E-state index in [0.717, 1.165) is 6.07 Å². The van der Waals surface area contributed by atoms with Crippen molar-refractivity contribution in [1.82, 2.24) is 5.32 Å². The highest BCUT2D eigenvalue weighted by Gasteiger charge is 2.06. The number of nitrogens with one attached hydrogen (secondary N) is 1. The summed E-state index contributed by atoms with van der Waals surface area (Å²) in [5.41, 5.74) is 6.74. The van der Waals surface area contributed by atoms with Crippen molar-refractivity contribution in [3.8, 4) is 11.5 Å². The molecule has 0 aliphatic carbocycles. The number of rotatable bonds is 4. The lowest BCUT2D eigenvalue weighted by atomic mass is 10.1. The van der Waals surface area contributed by atoms with Crippen molar-refractivity contribution in [2.24, 2.45) is 0 Å². The zero-order chi connectivity index (χ0) is 15.4. The summed E-state index contributed by atoms with van der Waals surface area (Å²) in [6.45, 7) is 0.0490. The minimum absolute atomic E-state index is 0.00556. The number of hydrogen-bond acceptors (Lipinski definition) is 3. The van der Waals surface area contributed by atoms with Crippen molar-refractivity contribution in [2.75, 3.05) is 5.73 Å². The highest BCUT2D eigenvalue weighted by molar-refractivity contribution is 6.30. The third-order valence-corrected chi connectivity index (χ3v) is 2.98. The molecule has 0 aliphatic heterocycles. The van der Waals surface area contributed by atoms with Gasteiger partial charge >= 0.3 is 6.09 Å². The van der Waals surface area contributed by atoms with Gasteiger partial charge < -0.3 is 20.9 Å². The van der Waals surface area contributed by atoms with Crippen LogP contribution in [0, 0.1) is 5.82 Å². The molecule has 0 aromatic heterocycles. The summed E-state index contributed by atoms with van der Waals surface area (Å²) in [6, 6.07) is 8.84. The van der Waals surface area contributed by atoms with Crippen molar-refractivity contribution in [2.45, 2.75) is 6.54 Å². The van der Waals surface area contributed by atoms with E-state index in [1.807, 2.05) is 0 Å². The van der Waals surface area contributed by atoms with Gasteiger partial charge in [-0.3, -0.25) is 0 Å². The van der Waals surface area contributed by atoms with E-state index in [1.165, 1.54) is 12.1 Å².